The van der Waals surface area contributed by atoms with Gasteiger partial charge in [-0.05, 0) is 25.1 Å². The van der Waals surface area contributed by atoms with Crippen LogP contribution in [0.1, 0.15) is 6.92 Å². The molecule has 1 aromatic rings. The summed E-state index contributed by atoms with van der Waals surface area (Å²) in [5.74, 6) is 0. The van der Waals surface area contributed by atoms with E-state index in [1.165, 1.54) is 25.3 Å². The Hall–Kier alpha value is -0.820. The number of benzene rings is 1. The first-order chi connectivity index (χ1) is 7.86. The van der Waals surface area contributed by atoms with Gasteiger partial charge in [-0.1, -0.05) is 11.6 Å². The quantitative estimate of drug-likeness (QED) is 0.794. The molecule has 0 fully saturated rings. The summed E-state index contributed by atoms with van der Waals surface area (Å²) in [4.78, 5) is 0.0108. The third-order valence-electron chi connectivity index (χ3n) is 2.21. The number of rotatable bonds is 5. The van der Waals surface area contributed by atoms with Crippen LogP contribution in [0, 0.1) is 0 Å². The highest BCUT2D eigenvalue weighted by atomic mass is 35.5. The van der Waals surface area contributed by atoms with E-state index in [0.29, 0.717) is 5.69 Å². The van der Waals surface area contributed by atoms with Crippen LogP contribution in [-0.2, 0) is 14.8 Å². The van der Waals surface area contributed by atoms with Crippen molar-refractivity contribution in [1.82, 2.24) is 4.72 Å². The summed E-state index contributed by atoms with van der Waals surface area (Å²) in [6.45, 7) is 1.94. The predicted molar refractivity (Wildman–Crippen MR) is 67.5 cm³/mol. The predicted octanol–water partition coefficient (Wildman–Crippen LogP) is 1.24. The monoisotopic (exact) mass is 278 g/mol. The second-order valence-corrected chi connectivity index (χ2v) is 5.73. The van der Waals surface area contributed by atoms with Crippen LogP contribution in [0.5, 0.6) is 0 Å². The third-order valence-corrected chi connectivity index (χ3v) is 4.12. The number of hydrogen-bond acceptors (Lipinski definition) is 4. The number of methoxy groups -OCH3 is 1. The molecule has 0 aliphatic carbocycles. The topological polar surface area (TPSA) is 81.4 Å². The highest BCUT2D eigenvalue weighted by Crippen LogP contribution is 2.23. The fraction of sp³-hybridized carbons (Fsp3) is 0.400. The number of ether oxygens (including phenoxy) is 1. The summed E-state index contributed by atoms with van der Waals surface area (Å²) < 4.78 is 31.1. The lowest BCUT2D eigenvalue weighted by atomic mass is 10.3. The molecule has 0 aliphatic heterocycles. The van der Waals surface area contributed by atoms with Crippen molar-refractivity contribution in [2.45, 2.75) is 17.9 Å². The van der Waals surface area contributed by atoms with Gasteiger partial charge in [-0.15, -0.1) is 0 Å². The van der Waals surface area contributed by atoms with Crippen molar-refractivity contribution in [2.75, 3.05) is 19.4 Å². The van der Waals surface area contributed by atoms with E-state index < -0.39 is 10.0 Å². The maximum absolute atomic E-state index is 11.9. The van der Waals surface area contributed by atoms with Crippen LogP contribution in [-0.4, -0.2) is 28.2 Å². The molecule has 0 bridgehead atoms. The standard InChI is InChI=1S/C10H15ClN2O3S/c1-7(16-2)6-13-17(14,15)10-4-3-8(12)5-9(10)11/h3-5,7,13H,6,12H2,1-2H3. The minimum absolute atomic E-state index is 0.0108. The molecule has 0 radical (unpaired) electrons. The van der Waals surface area contributed by atoms with Crippen LogP contribution in [0.15, 0.2) is 23.1 Å². The van der Waals surface area contributed by atoms with Gasteiger partial charge in [-0.3, -0.25) is 0 Å². The molecule has 1 unspecified atom stereocenters. The molecule has 96 valence electrons. The van der Waals surface area contributed by atoms with Crippen LogP contribution < -0.4 is 10.5 Å². The number of anilines is 1. The van der Waals surface area contributed by atoms with Crippen LogP contribution >= 0.6 is 11.6 Å². The van der Waals surface area contributed by atoms with E-state index >= 15 is 0 Å². The highest BCUT2D eigenvalue weighted by Gasteiger charge is 2.18. The van der Waals surface area contributed by atoms with Gasteiger partial charge in [0.1, 0.15) is 4.90 Å². The number of hydrogen-bond donors (Lipinski definition) is 2. The maximum atomic E-state index is 11.9. The number of sulfonamides is 1. The van der Waals surface area contributed by atoms with Crippen molar-refractivity contribution in [1.29, 1.82) is 0 Å². The molecule has 0 saturated carbocycles. The summed E-state index contributed by atoms with van der Waals surface area (Å²) in [5, 5.41) is 0.0996. The van der Waals surface area contributed by atoms with Gasteiger partial charge in [0.25, 0.3) is 0 Å². The Bertz CT molecular complexity index is 490. The molecular weight excluding hydrogens is 264 g/mol. The zero-order chi connectivity index (χ0) is 13.1. The minimum Gasteiger partial charge on any atom is -0.399 e. The van der Waals surface area contributed by atoms with E-state index in [2.05, 4.69) is 4.72 Å². The van der Waals surface area contributed by atoms with Crippen molar-refractivity contribution < 1.29 is 13.2 Å². The zero-order valence-electron chi connectivity index (χ0n) is 9.60. The smallest absolute Gasteiger partial charge is 0.242 e. The summed E-state index contributed by atoms with van der Waals surface area (Å²) >= 11 is 5.83. The largest absolute Gasteiger partial charge is 0.399 e. The number of nitrogens with two attached hydrogens (primary N) is 1. The zero-order valence-corrected chi connectivity index (χ0v) is 11.2. The molecule has 7 heteroatoms. The molecule has 0 amide bonds. The van der Waals surface area contributed by atoms with Gasteiger partial charge < -0.3 is 10.5 Å². The number of halogens is 1. The summed E-state index contributed by atoms with van der Waals surface area (Å²) in [7, 11) is -2.12. The molecule has 0 spiro atoms. The average Bonchev–Trinajstić information content (AvgIpc) is 2.25. The molecule has 5 nitrogen and oxygen atoms in total. The van der Waals surface area contributed by atoms with Gasteiger partial charge >= 0.3 is 0 Å². The van der Waals surface area contributed by atoms with Crippen molar-refractivity contribution in [3.05, 3.63) is 23.2 Å². The molecule has 1 atom stereocenters. The molecule has 0 aromatic heterocycles. The number of nitrogen functional groups attached to an aromatic ring is 1. The fourth-order valence-electron chi connectivity index (χ4n) is 1.12. The lowest BCUT2D eigenvalue weighted by Crippen LogP contribution is -2.31. The molecule has 17 heavy (non-hydrogen) atoms. The van der Waals surface area contributed by atoms with E-state index in [-0.39, 0.29) is 22.6 Å². The summed E-state index contributed by atoms with van der Waals surface area (Å²) in [5.41, 5.74) is 5.91. The Kier molecular flexibility index (Phi) is 4.76. The minimum atomic E-state index is -3.63. The second kappa shape index (κ2) is 5.68. The fourth-order valence-corrected chi connectivity index (χ4v) is 2.79. The van der Waals surface area contributed by atoms with Gasteiger partial charge in [0.15, 0.2) is 0 Å². The first kappa shape index (κ1) is 14.2. The first-order valence-corrected chi connectivity index (χ1v) is 6.80. The van der Waals surface area contributed by atoms with Crippen molar-refractivity contribution in [3.8, 4) is 0 Å². The Morgan fingerprint density at radius 2 is 2.18 bits per heavy atom. The lowest BCUT2D eigenvalue weighted by molar-refractivity contribution is 0.122. The van der Waals surface area contributed by atoms with Gasteiger partial charge in [-0.25, -0.2) is 13.1 Å². The van der Waals surface area contributed by atoms with Crippen LogP contribution in [0.2, 0.25) is 5.02 Å². The summed E-state index contributed by atoms with van der Waals surface area (Å²) in [6, 6.07) is 4.26. The molecule has 3 N–H and O–H groups in total. The van der Waals surface area contributed by atoms with E-state index in [1.807, 2.05) is 0 Å². The number of nitrogens with one attached hydrogen (secondary N) is 1. The van der Waals surface area contributed by atoms with Gasteiger partial charge in [0.05, 0.1) is 11.1 Å². The van der Waals surface area contributed by atoms with Crippen LogP contribution in [0.4, 0.5) is 5.69 Å². The average molecular weight is 279 g/mol. The Morgan fingerprint density at radius 1 is 1.53 bits per heavy atom. The second-order valence-electron chi connectivity index (χ2n) is 3.59. The lowest BCUT2D eigenvalue weighted by Gasteiger charge is -2.12. The molecular formula is C10H15ClN2O3S. The van der Waals surface area contributed by atoms with Crippen molar-refractivity contribution >= 4 is 27.3 Å². The Morgan fingerprint density at radius 3 is 2.71 bits per heavy atom. The van der Waals surface area contributed by atoms with E-state index in [0.717, 1.165) is 0 Å². The van der Waals surface area contributed by atoms with Crippen LogP contribution in [0.25, 0.3) is 0 Å². The van der Waals surface area contributed by atoms with Gasteiger partial charge in [0, 0.05) is 19.3 Å². The first-order valence-electron chi connectivity index (χ1n) is 4.94. The van der Waals surface area contributed by atoms with E-state index in [4.69, 9.17) is 22.1 Å². The van der Waals surface area contributed by atoms with Crippen molar-refractivity contribution in [3.63, 3.8) is 0 Å². The van der Waals surface area contributed by atoms with E-state index in [9.17, 15) is 8.42 Å². The normalized spacial score (nSPS) is 13.6. The van der Waals surface area contributed by atoms with Gasteiger partial charge in [-0.2, -0.15) is 0 Å². The molecule has 0 saturated heterocycles. The van der Waals surface area contributed by atoms with E-state index in [1.54, 1.807) is 6.92 Å². The molecule has 1 aromatic carbocycles. The Labute approximate surface area is 106 Å². The van der Waals surface area contributed by atoms with Crippen molar-refractivity contribution in [2.24, 2.45) is 0 Å². The molecule has 0 heterocycles. The SMILES string of the molecule is COC(C)CNS(=O)(=O)c1ccc(N)cc1Cl. The Balaban J connectivity index is 2.90. The third kappa shape index (κ3) is 3.85. The van der Waals surface area contributed by atoms with Crippen LogP contribution in [0.3, 0.4) is 0 Å². The molecule has 1 rings (SSSR count). The molecule has 0 aliphatic rings. The highest BCUT2D eigenvalue weighted by molar-refractivity contribution is 7.89. The maximum Gasteiger partial charge on any atom is 0.242 e. The summed E-state index contributed by atoms with van der Waals surface area (Å²) in [6.07, 6.45) is -0.211. The van der Waals surface area contributed by atoms with Gasteiger partial charge in [0.2, 0.25) is 10.0 Å².